The highest BCUT2D eigenvalue weighted by molar-refractivity contribution is 5.69. The summed E-state index contributed by atoms with van der Waals surface area (Å²) in [5, 5.41) is 0. The van der Waals surface area contributed by atoms with Crippen LogP contribution in [0.25, 0.3) is 0 Å². The maximum absolute atomic E-state index is 12.3. The van der Waals surface area contributed by atoms with Crippen molar-refractivity contribution < 1.29 is 9.53 Å². The Balaban J connectivity index is 1.58. The molecule has 2 saturated heterocycles. The maximum Gasteiger partial charge on any atom is 0.410 e. The van der Waals surface area contributed by atoms with Crippen molar-refractivity contribution in [3.05, 3.63) is 35.9 Å². The second-order valence-corrected chi connectivity index (χ2v) is 5.91. The van der Waals surface area contributed by atoms with Gasteiger partial charge in [-0.1, -0.05) is 30.3 Å². The molecule has 0 aliphatic carbocycles. The molecule has 108 valence electrons. The third-order valence-corrected chi connectivity index (χ3v) is 4.58. The van der Waals surface area contributed by atoms with Crippen LogP contribution in [0.2, 0.25) is 0 Å². The van der Waals surface area contributed by atoms with E-state index in [0.29, 0.717) is 24.6 Å². The van der Waals surface area contributed by atoms with E-state index in [4.69, 9.17) is 10.5 Å². The number of rotatable bonds is 3. The molecule has 1 aromatic rings. The van der Waals surface area contributed by atoms with Gasteiger partial charge in [-0.05, 0) is 43.7 Å². The Morgan fingerprint density at radius 2 is 1.85 bits per heavy atom. The first kappa shape index (κ1) is 13.4. The molecule has 2 bridgehead atoms. The average molecular weight is 274 g/mol. The summed E-state index contributed by atoms with van der Waals surface area (Å²) in [6.07, 6.45) is 4.11. The largest absolute Gasteiger partial charge is 0.445 e. The molecule has 2 aliphatic heterocycles. The SMILES string of the molecule is NC[C@@H]1C[C@H]2CC[C@@H](C1)N2C(=O)OCc1ccccc1. The van der Waals surface area contributed by atoms with Gasteiger partial charge in [-0.15, -0.1) is 0 Å². The predicted molar refractivity (Wildman–Crippen MR) is 77.1 cm³/mol. The van der Waals surface area contributed by atoms with E-state index in [2.05, 4.69) is 0 Å². The molecule has 0 unspecified atom stereocenters. The van der Waals surface area contributed by atoms with Crippen LogP contribution in [0.4, 0.5) is 4.79 Å². The van der Waals surface area contributed by atoms with Crippen molar-refractivity contribution in [2.24, 2.45) is 11.7 Å². The van der Waals surface area contributed by atoms with Crippen LogP contribution in [0.5, 0.6) is 0 Å². The Kier molecular flexibility index (Phi) is 3.92. The fourth-order valence-electron chi connectivity index (χ4n) is 3.57. The minimum absolute atomic E-state index is 0.156. The lowest BCUT2D eigenvalue weighted by Crippen LogP contribution is -2.47. The van der Waals surface area contributed by atoms with Gasteiger partial charge in [-0.25, -0.2) is 4.79 Å². The molecular formula is C16H22N2O2. The van der Waals surface area contributed by atoms with Crippen LogP contribution in [-0.2, 0) is 11.3 Å². The zero-order valence-electron chi connectivity index (χ0n) is 11.7. The summed E-state index contributed by atoms with van der Waals surface area (Å²) in [5.74, 6) is 0.575. The van der Waals surface area contributed by atoms with Gasteiger partial charge in [0.2, 0.25) is 0 Å². The van der Waals surface area contributed by atoms with Gasteiger partial charge in [-0.2, -0.15) is 0 Å². The number of carbonyl (C=O) groups is 1. The molecule has 1 aromatic carbocycles. The van der Waals surface area contributed by atoms with Crippen molar-refractivity contribution in [3.8, 4) is 0 Å². The van der Waals surface area contributed by atoms with Gasteiger partial charge in [0, 0.05) is 12.1 Å². The fourth-order valence-corrected chi connectivity index (χ4v) is 3.57. The first-order chi connectivity index (χ1) is 9.78. The molecule has 4 nitrogen and oxygen atoms in total. The third kappa shape index (κ3) is 2.66. The fraction of sp³-hybridized carbons (Fsp3) is 0.562. The second-order valence-electron chi connectivity index (χ2n) is 5.91. The monoisotopic (exact) mass is 274 g/mol. The van der Waals surface area contributed by atoms with Crippen LogP contribution < -0.4 is 5.73 Å². The first-order valence-corrected chi connectivity index (χ1v) is 7.47. The van der Waals surface area contributed by atoms with Gasteiger partial charge >= 0.3 is 6.09 Å². The summed E-state index contributed by atoms with van der Waals surface area (Å²) in [6, 6.07) is 10.5. The molecule has 0 aromatic heterocycles. The summed E-state index contributed by atoms with van der Waals surface area (Å²) in [4.78, 5) is 14.3. The van der Waals surface area contributed by atoms with E-state index in [1.54, 1.807) is 0 Å². The standard InChI is InChI=1S/C16H22N2O2/c17-10-13-8-14-6-7-15(9-13)18(14)16(19)20-11-12-4-2-1-3-5-12/h1-5,13-15H,6-11,17H2/t13-,14-,15+. The minimum Gasteiger partial charge on any atom is -0.445 e. The lowest BCUT2D eigenvalue weighted by atomic mass is 9.91. The Labute approximate surface area is 119 Å². The van der Waals surface area contributed by atoms with E-state index in [1.807, 2.05) is 35.2 Å². The number of nitrogens with zero attached hydrogens (tertiary/aromatic N) is 1. The number of amides is 1. The van der Waals surface area contributed by atoms with Crippen LogP contribution in [0.3, 0.4) is 0 Å². The normalized spacial score (nSPS) is 28.4. The summed E-state index contributed by atoms with van der Waals surface area (Å²) < 4.78 is 5.47. The predicted octanol–water partition coefficient (Wildman–Crippen LogP) is 2.52. The van der Waals surface area contributed by atoms with E-state index in [0.717, 1.165) is 37.8 Å². The molecule has 0 spiro atoms. The van der Waals surface area contributed by atoms with Crippen molar-refractivity contribution in [1.29, 1.82) is 0 Å². The summed E-state index contributed by atoms with van der Waals surface area (Å²) in [6.45, 7) is 1.09. The maximum atomic E-state index is 12.3. The molecule has 2 aliphatic rings. The van der Waals surface area contributed by atoms with Crippen LogP contribution >= 0.6 is 0 Å². The van der Waals surface area contributed by atoms with E-state index < -0.39 is 0 Å². The van der Waals surface area contributed by atoms with Crippen molar-refractivity contribution in [1.82, 2.24) is 4.90 Å². The number of benzene rings is 1. The molecule has 4 heteroatoms. The number of ether oxygens (including phenoxy) is 1. The smallest absolute Gasteiger partial charge is 0.410 e. The lowest BCUT2D eigenvalue weighted by molar-refractivity contribution is 0.0541. The van der Waals surface area contributed by atoms with E-state index in [-0.39, 0.29) is 6.09 Å². The third-order valence-electron chi connectivity index (χ3n) is 4.58. The van der Waals surface area contributed by atoms with Gasteiger partial charge < -0.3 is 15.4 Å². The number of piperidine rings is 1. The molecule has 2 fully saturated rings. The van der Waals surface area contributed by atoms with Crippen molar-refractivity contribution in [2.45, 2.75) is 44.4 Å². The molecular weight excluding hydrogens is 252 g/mol. The van der Waals surface area contributed by atoms with E-state index in [9.17, 15) is 4.79 Å². The van der Waals surface area contributed by atoms with E-state index >= 15 is 0 Å². The Hall–Kier alpha value is -1.55. The highest BCUT2D eigenvalue weighted by Gasteiger charge is 2.43. The highest BCUT2D eigenvalue weighted by atomic mass is 16.6. The summed E-state index contributed by atoms with van der Waals surface area (Å²) in [5.41, 5.74) is 6.81. The Morgan fingerprint density at radius 1 is 1.20 bits per heavy atom. The highest BCUT2D eigenvalue weighted by Crippen LogP contribution is 2.38. The number of nitrogens with two attached hydrogens (primary N) is 1. The molecule has 3 rings (SSSR count). The molecule has 2 N–H and O–H groups in total. The van der Waals surface area contributed by atoms with Gasteiger partial charge in [0.25, 0.3) is 0 Å². The van der Waals surface area contributed by atoms with Crippen LogP contribution in [0.15, 0.2) is 30.3 Å². The topological polar surface area (TPSA) is 55.6 Å². The molecule has 2 heterocycles. The second kappa shape index (κ2) is 5.83. The van der Waals surface area contributed by atoms with Gasteiger partial charge in [0.15, 0.2) is 0 Å². The van der Waals surface area contributed by atoms with Gasteiger partial charge in [0.1, 0.15) is 6.61 Å². The summed E-state index contributed by atoms with van der Waals surface area (Å²) in [7, 11) is 0. The number of carbonyl (C=O) groups excluding carboxylic acids is 1. The number of hydrogen-bond donors (Lipinski definition) is 1. The zero-order valence-corrected chi connectivity index (χ0v) is 11.7. The van der Waals surface area contributed by atoms with Crippen molar-refractivity contribution in [2.75, 3.05) is 6.54 Å². The zero-order chi connectivity index (χ0) is 13.9. The molecule has 20 heavy (non-hydrogen) atoms. The van der Waals surface area contributed by atoms with Crippen molar-refractivity contribution in [3.63, 3.8) is 0 Å². The molecule has 0 radical (unpaired) electrons. The molecule has 0 saturated carbocycles. The number of hydrogen-bond acceptors (Lipinski definition) is 3. The summed E-state index contributed by atoms with van der Waals surface area (Å²) >= 11 is 0. The Bertz CT molecular complexity index is 449. The average Bonchev–Trinajstić information content (AvgIpc) is 2.76. The van der Waals surface area contributed by atoms with E-state index in [1.165, 1.54) is 0 Å². The van der Waals surface area contributed by atoms with Crippen LogP contribution in [0, 0.1) is 5.92 Å². The van der Waals surface area contributed by atoms with Crippen LogP contribution in [0.1, 0.15) is 31.2 Å². The first-order valence-electron chi connectivity index (χ1n) is 7.47. The quantitative estimate of drug-likeness (QED) is 0.921. The van der Waals surface area contributed by atoms with Crippen molar-refractivity contribution >= 4 is 6.09 Å². The van der Waals surface area contributed by atoms with Gasteiger partial charge in [-0.3, -0.25) is 0 Å². The van der Waals surface area contributed by atoms with Gasteiger partial charge in [0.05, 0.1) is 0 Å². The Morgan fingerprint density at radius 3 is 2.45 bits per heavy atom. The molecule has 3 atom stereocenters. The minimum atomic E-state index is -0.156. The lowest BCUT2D eigenvalue weighted by Gasteiger charge is -2.37. The number of fused-ring (bicyclic) bond motifs is 2. The van der Waals surface area contributed by atoms with Crippen LogP contribution in [-0.4, -0.2) is 29.6 Å². The molecule has 1 amide bonds.